The standard InChI is InChI=1S/C7H17O12P3/c1-2-5-3-6(8)7(17-5)4-16-21(12,13)19-22(14,15)18-20(9,10)11/h5-8H,2-4H2,1H3,(H,12,13)(H,14,15)(H2,9,10,11). The van der Waals surface area contributed by atoms with Gasteiger partial charge < -0.3 is 29.4 Å². The summed E-state index contributed by atoms with van der Waals surface area (Å²) in [6.07, 6.45) is -1.28. The Bertz CT molecular complexity index is 515. The van der Waals surface area contributed by atoms with Crippen molar-refractivity contribution < 1.29 is 56.3 Å². The molecule has 5 atom stereocenters. The lowest BCUT2D eigenvalue weighted by Crippen LogP contribution is -2.26. The van der Waals surface area contributed by atoms with Gasteiger partial charge in [-0.1, -0.05) is 6.92 Å². The number of phosphoric acid groups is 3. The first kappa shape index (κ1) is 20.4. The van der Waals surface area contributed by atoms with E-state index in [-0.39, 0.29) is 6.10 Å². The molecule has 1 aliphatic rings. The summed E-state index contributed by atoms with van der Waals surface area (Å²) in [4.78, 5) is 34.9. The molecule has 1 fully saturated rings. The van der Waals surface area contributed by atoms with Crippen LogP contribution in [0.3, 0.4) is 0 Å². The van der Waals surface area contributed by atoms with Crippen molar-refractivity contribution in [1.29, 1.82) is 0 Å². The molecular formula is C7H17O12P3. The smallest absolute Gasteiger partial charge is 0.390 e. The molecule has 5 unspecified atom stereocenters. The van der Waals surface area contributed by atoms with Crippen LogP contribution >= 0.6 is 23.5 Å². The fraction of sp³-hybridized carbons (Fsp3) is 1.00. The van der Waals surface area contributed by atoms with Crippen LogP contribution in [0.1, 0.15) is 19.8 Å². The normalized spacial score (nSPS) is 31.6. The van der Waals surface area contributed by atoms with Gasteiger partial charge in [-0.15, -0.1) is 0 Å². The number of hydrogen-bond donors (Lipinski definition) is 5. The molecule has 1 heterocycles. The second-order valence-electron chi connectivity index (χ2n) is 4.39. The summed E-state index contributed by atoms with van der Waals surface area (Å²) >= 11 is 0. The Kier molecular flexibility index (Phi) is 6.93. The topological polar surface area (TPSA) is 189 Å². The largest absolute Gasteiger partial charge is 0.490 e. The minimum absolute atomic E-state index is 0.260. The third-order valence-corrected chi connectivity index (χ3v) is 6.38. The Morgan fingerprint density at radius 2 is 1.68 bits per heavy atom. The summed E-state index contributed by atoms with van der Waals surface area (Å²) in [5, 5.41) is 9.62. The van der Waals surface area contributed by atoms with Gasteiger partial charge in [0.25, 0.3) is 0 Å². The summed E-state index contributed by atoms with van der Waals surface area (Å²) in [5.41, 5.74) is 0. The number of rotatable bonds is 8. The van der Waals surface area contributed by atoms with Crippen LogP contribution in [0.15, 0.2) is 0 Å². The molecule has 0 aromatic heterocycles. The third-order valence-electron chi connectivity index (χ3n) is 2.57. The average Bonchev–Trinajstić information content (AvgIpc) is 2.62. The highest BCUT2D eigenvalue weighted by Crippen LogP contribution is 2.66. The molecular weight excluding hydrogens is 369 g/mol. The van der Waals surface area contributed by atoms with Crippen molar-refractivity contribution in [3.63, 3.8) is 0 Å². The lowest BCUT2D eigenvalue weighted by Gasteiger charge is -2.19. The molecule has 0 saturated carbocycles. The molecule has 1 aliphatic heterocycles. The molecule has 1 rings (SSSR count). The maximum Gasteiger partial charge on any atom is 0.490 e. The lowest BCUT2D eigenvalue weighted by molar-refractivity contribution is -0.0219. The van der Waals surface area contributed by atoms with E-state index in [2.05, 4.69) is 13.1 Å². The zero-order valence-electron chi connectivity index (χ0n) is 11.3. The van der Waals surface area contributed by atoms with Crippen LogP contribution in [-0.4, -0.2) is 49.6 Å². The van der Waals surface area contributed by atoms with Crippen molar-refractivity contribution in [1.82, 2.24) is 0 Å². The summed E-state index contributed by atoms with van der Waals surface area (Å²) < 4.78 is 49.7. The molecule has 0 aromatic carbocycles. The highest BCUT2D eigenvalue weighted by Gasteiger charge is 2.42. The Hall–Kier alpha value is 0.330. The van der Waals surface area contributed by atoms with Crippen LogP contribution in [0.2, 0.25) is 0 Å². The fourth-order valence-electron chi connectivity index (χ4n) is 1.70. The molecule has 5 N–H and O–H groups in total. The van der Waals surface area contributed by atoms with E-state index in [9.17, 15) is 23.7 Å². The summed E-state index contributed by atoms with van der Waals surface area (Å²) in [7, 11) is -16.1. The average molecular weight is 386 g/mol. The van der Waals surface area contributed by atoms with E-state index in [1.54, 1.807) is 0 Å². The van der Waals surface area contributed by atoms with Gasteiger partial charge in [0.05, 0.1) is 18.8 Å². The van der Waals surface area contributed by atoms with Gasteiger partial charge >= 0.3 is 23.5 Å². The highest BCUT2D eigenvalue weighted by atomic mass is 31.3. The molecule has 0 bridgehead atoms. The Balaban J connectivity index is 2.56. The molecule has 0 aromatic rings. The van der Waals surface area contributed by atoms with Crippen molar-refractivity contribution in [2.45, 2.75) is 38.1 Å². The predicted molar refractivity (Wildman–Crippen MR) is 69.4 cm³/mol. The van der Waals surface area contributed by atoms with Gasteiger partial charge in [-0.25, -0.2) is 13.7 Å². The Labute approximate surface area is 125 Å². The summed E-state index contributed by atoms with van der Waals surface area (Å²) in [6.45, 7) is 1.17. The molecule has 22 heavy (non-hydrogen) atoms. The van der Waals surface area contributed by atoms with Crippen molar-refractivity contribution in [3.8, 4) is 0 Å². The number of phosphoric ester groups is 1. The first-order chi connectivity index (χ1) is 9.84. The second kappa shape index (κ2) is 7.48. The Morgan fingerprint density at radius 1 is 1.09 bits per heavy atom. The van der Waals surface area contributed by atoms with E-state index in [1.807, 2.05) is 6.92 Å². The SMILES string of the molecule is CCC1CC(O)C(COP(=O)(O)OP(=O)(O)OP(=O)(O)O)O1. The summed E-state index contributed by atoms with van der Waals surface area (Å²) in [6, 6.07) is 0. The first-order valence-electron chi connectivity index (χ1n) is 5.95. The highest BCUT2D eigenvalue weighted by molar-refractivity contribution is 7.66. The zero-order chi connectivity index (χ0) is 17.2. The predicted octanol–water partition coefficient (Wildman–Crippen LogP) is 0.258. The van der Waals surface area contributed by atoms with Gasteiger partial charge in [-0.05, 0) is 6.42 Å². The molecule has 0 amide bonds. The molecule has 15 heteroatoms. The van der Waals surface area contributed by atoms with E-state index >= 15 is 0 Å². The number of hydrogen-bond acceptors (Lipinski definition) is 8. The molecule has 1 saturated heterocycles. The summed E-state index contributed by atoms with van der Waals surface area (Å²) in [5.74, 6) is 0. The monoisotopic (exact) mass is 386 g/mol. The van der Waals surface area contributed by atoms with Crippen LogP contribution in [0.4, 0.5) is 0 Å². The van der Waals surface area contributed by atoms with Gasteiger partial charge in [0, 0.05) is 6.42 Å². The van der Waals surface area contributed by atoms with Crippen LogP contribution in [-0.2, 0) is 31.6 Å². The quantitative estimate of drug-likeness (QED) is 0.358. The van der Waals surface area contributed by atoms with Gasteiger partial charge in [-0.2, -0.15) is 8.62 Å². The number of ether oxygens (including phenoxy) is 1. The van der Waals surface area contributed by atoms with Gasteiger partial charge in [0.15, 0.2) is 0 Å². The Morgan fingerprint density at radius 3 is 2.14 bits per heavy atom. The zero-order valence-corrected chi connectivity index (χ0v) is 14.0. The van der Waals surface area contributed by atoms with E-state index in [4.69, 9.17) is 19.4 Å². The fourth-order valence-corrected chi connectivity index (χ4v) is 4.73. The molecule has 12 nitrogen and oxygen atoms in total. The van der Waals surface area contributed by atoms with E-state index in [0.29, 0.717) is 12.8 Å². The van der Waals surface area contributed by atoms with Crippen LogP contribution < -0.4 is 0 Å². The lowest BCUT2D eigenvalue weighted by atomic mass is 10.1. The minimum atomic E-state index is -5.53. The van der Waals surface area contributed by atoms with Crippen molar-refractivity contribution >= 4 is 23.5 Å². The maximum absolute atomic E-state index is 11.4. The second-order valence-corrected chi connectivity index (χ2v) is 8.81. The molecule has 0 radical (unpaired) electrons. The van der Waals surface area contributed by atoms with Crippen LogP contribution in [0.5, 0.6) is 0 Å². The van der Waals surface area contributed by atoms with Crippen molar-refractivity contribution in [3.05, 3.63) is 0 Å². The van der Waals surface area contributed by atoms with Crippen LogP contribution in [0, 0.1) is 0 Å². The van der Waals surface area contributed by atoms with Gasteiger partial charge in [0.1, 0.15) is 6.10 Å². The van der Waals surface area contributed by atoms with E-state index in [1.165, 1.54) is 0 Å². The molecule has 132 valence electrons. The number of aliphatic hydroxyl groups is 1. The van der Waals surface area contributed by atoms with Crippen molar-refractivity contribution in [2.75, 3.05) is 6.61 Å². The van der Waals surface area contributed by atoms with Gasteiger partial charge in [0.2, 0.25) is 0 Å². The van der Waals surface area contributed by atoms with Crippen LogP contribution in [0.25, 0.3) is 0 Å². The maximum atomic E-state index is 11.4. The number of aliphatic hydroxyl groups excluding tert-OH is 1. The molecule has 0 aliphatic carbocycles. The van der Waals surface area contributed by atoms with Gasteiger partial charge in [-0.3, -0.25) is 4.52 Å². The van der Waals surface area contributed by atoms with Crippen molar-refractivity contribution in [2.24, 2.45) is 0 Å². The van der Waals surface area contributed by atoms with E-state index < -0.39 is 42.3 Å². The first-order valence-corrected chi connectivity index (χ1v) is 10.5. The third kappa shape index (κ3) is 7.27. The van der Waals surface area contributed by atoms with E-state index in [0.717, 1.165) is 0 Å². The minimum Gasteiger partial charge on any atom is -0.390 e. The molecule has 0 spiro atoms.